The highest BCUT2D eigenvalue weighted by Gasteiger charge is 2.39. The van der Waals surface area contributed by atoms with Crippen molar-refractivity contribution in [2.45, 2.75) is 44.3 Å². The molecule has 2 rings (SSSR count). The average molecular weight is 344 g/mol. The molecule has 9 heteroatoms. The van der Waals surface area contributed by atoms with Crippen LogP contribution in [0.25, 0.3) is 0 Å². The molecule has 0 aliphatic heterocycles. The van der Waals surface area contributed by atoms with Crippen molar-refractivity contribution in [2.75, 3.05) is 0 Å². The van der Waals surface area contributed by atoms with Gasteiger partial charge in [0.25, 0.3) is 0 Å². The molecule has 130 valence electrons. The summed E-state index contributed by atoms with van der Waals surface area (Å²) in [5, 5.41) is 20.3. The van der Waals surface area contributed by atoms with Gasteiger partial charge in [-0.3, -0.25) is 15.1 Å². The number of hydrogen-bond donors (Lipinski definition) is 1. The lowest BCUT2D eigenvalue weighted by Crippen LogP contribution is -2.32. The zero-order valence-electron chi connectivity index (χ0n) is 12.7. The minimum atomic E-state index is -4.58. The normalized spacial score (nSPS) is 23.7. The number of nitrogens with zero attached hydrogens (tertiary/aromatic N) is 2. The van der Waals surface area contributed by atoms with Crippen LogP contribution in [-0.4, -0.2) is 27.0 Å². The average Bonchev–Trinajstić information content (AvgIpc) is 2.52. The Bertz CT molecular complexity index is 683. The van der Waals surface area contributed by atoms with E-state index in [1.165, 1.54) is 13.0 Å². The van der Waals surface area contributed by atoms with Crippen LogP contribution in [0.15, 0.2) is 29.5 Å². The number of nitro groups is 1. The molecular weight excluding hydrogens is 329 g/mol. The summed E-state index contributed by atoms with van der Waals surface area (Å²) in [5.41, 5.74) is -0.0653. The SMILES string of the molecule is CC(C(=O)O)=C1CCC([N+](=O)[O-])C(c2ccc(C(F)(F)F)nc2)C1. The van der Waals surface area contributed by atoms with Crippen LogP contribution >= 0.6 is 0 Å². The maximum Gasteiger partial charge on any atom is 0.433 e. The van der Waals surface area contributed by atoms with Crippen molar-refractivity contribution in [1.82, 2.24) is 4.98 Å². The van der Waals surface area contributed by atoms with E-state index in [0.29, 0.717) is 11.1 Å². The molecule has 0 radical (unpaired) electrons. The van der Waals surface area contributed by atoms with E-state index in [4.69, 9.17) is 5.11 Å². The van der Waals surface area contributed by atoms with E-state index < -0.39 is 34.7 Å². The lowest BCUT2D eigenvalue weighted by molar-refractivity contribution is -0.529. The third-order valence-electron chi connectivity index (χ3n) is 4.30. The van der Waals surface area contributed by atoms with E-state index in [0.717, 1.165) is 12.3 Å². The molecule has 1 fully saturated rings. The van der Waals surface area contributed by atoms with E-state index in [9.17, 15) is 28.1 Å². The molecule has 0 spiro atoms. The molecule has 6 nitrogen and oxygen atoms in total. The molecule has 0 bridgehead atoms. The van der Waals surface area contributed by atoms with Crippen LogP contribution < -0.4 is 0 Å². The van der Waals surface area contributed by atoms with Crippen molar-refractivity contribution in [3.05, 3.63) is 50.8 Å². The summed E-state index contributed by atoms with van der Waals surface area (Å²) >= 11 is 0. The molecule has 2 unspecified atom stereocenters. The number of aromatic nitrogens is 1. The molecule has 2 atom stereocenters. The lowest BCUT2D eigenvalue weighted by atomic mass is 9.77. The number of aliphatic carboxylic acids is 1. The number of hydrogen-bond acceptors (Lipinski definition) is 4. The van der Waals surface area contributed by atoms with Gasteiger partial charge in [-0.15, -0.1) is 0 Å². The fraction of sp³-hybridized carbons (Fsp3) is 0.467. The van der Waals surface area contributed by atoms with Gasteiger partial charge in [0, 0.05) is 23.1 Å². The summed E-state index contributed by atoms with van der Waals surface area (Å²) in [6.45, 7) is 1.42. The van der Waals surface area contributed by atoms with Crippen LogP contribution in [0.1, 0.15) is 43.4 Å². The zero-order chi connectivity index (χ0) is 18.1. The summed E-state index contributed by atoms with van der Waals surface area (Å²) in [5.74, 6) is -1.80. The standard InChI is InChI=1S/C15H15F3N2O4/c1-8(14(21)22)9-2-4-12(20(23)24)11(6-9)10-3-5-13(19-7-10)15(16,17)18/h3,5,7,11-12H,2,4,6H2,1H3,(H,21,22). The first-order valence-corrected chi connectivity index (χ1v) is 7.19. The van der Waals surface area contributed by atoms with Gasteiger partial charge in [0.05, 0.1) is 5.92 Å². The number of pyridine rings is 1. The van der Waals surface area contributed by atoms with E-state index in [1.807, 2.05) is 0 Å². The number of carboxylic acid groups (broad SMARTS) is 1. The lowest BCUT2D eigenvalue weighted by Gasteiger charge is -2.28. The highest BCUT2D eigenvalue weighted by molar-refractivity contribution is 5.86. The first-order chi connectivity index (χ1) is 11.1. The fourth-order valence-electron chi connectivity index (χ4n) is 2.90. The Hall–Kier alpha value is -2.45. The Morgan fingerprint density at radius 2 is 2.08 bits per heavy atom. The molecule has 0 saturated heterocycles. The van der Waals surface area contributed by atoms with Crippen molar-refractivity contribution in [2.24, 2.45) is 0 Å². The van der Waals surface area contributed by atoms with Crippen molar-refractivity contribution in [3.63, 3.8) is 0 Å². The van der Waals surface area contributed by atoms with Gasteiger partial charge in [0.15, 0.2) is 0 Å². The van der Waals surface area contributed by atoms with Crippen LogP contribution in [0.4, 0.5) is 13.2 Å². The van der Waals surface area contributed by atoms with Gasteiger partial charge in [-0.2, -0.15) is 13.2 Å². The number of allylic oxidation sites excluding steroid dienone is 1. The van der Waals surface area contributed by atoms with Gasteiger partial charge in [-0.1, -0.05) is 11.6 Å². The van der Waals surface area contributed by atoms with Crippen molar-refractivity contribution in [3.8, 4) is 0 Å². The topological polar surface area (TPSA) is 93.3 Å². The number of carboxylic acids is 1. The van der Waals surface area contributed by atoms with Crippen molar-refractivity contribution in [1.29, 1.82) is 0 Å². The monoisotopic (exact) mass is 344 g/mol. The second kappa shape index (κ2) is 6.58. The molecule has 24 heavy (non-hydrogen) atoms. The molecule has 1 heterocycles. The molecule has 1 aliphatic rings. The number of alkyl halides is 3. The molecule has 1 N–H and O–H groups in total. The summed E-state index contributed by atoms with van der Waals surface area (Å²) < 4.78 is 37.7. The van der Waals surface area contributed by atoms with Crippen molar-refractivity contribution >= 4 is 5.97 Å². The number of rotatable bonds is 3. The van der Waals surface area contributed by atoms with E-state index >= 15 is 0 Å². The highest BCUT2D eigenvalue weighted by Crippen LogP contribution is 2.39. The second-order valence-corrected chi connectivity index (χ2v) is 5.71. The summed E-state index contributed by atoms with van der Waals surface area (Å²) in [6, 6.07) is 0.985. The van der Waals surface area contributed by atoms with Gasteiger partial charge in [-0.25, -0.2) is 4.79 Å². The second-order valence-electron chi connectivity index (χ2n) is 5.71. The largest absolute Gasteiger partial charge is 0.478 e. The van der Waals surface area contributed by atoms with E-state index in [1.54, 1.807) is 0 Å². The summed E-state index contributed by atoms with van der Waals surface area (Å²) in [4.78, 5) is 25.2. The molecule has 0 aromatic carbocycles. The molecule has 1 saturated carbocycles. The van der Waals surface area contributed by atoms with Crippen molar-refractivity contribution < 1.29 is 28.0 Å². The van der Waals surface area contributed by atoms with Crippen LogP contribution in [-0.2, 0) is 11.0 Å². The molecule has 1 aromatic rings. The van der Waals surface area contributed by atoms with Gasteiger partial charge in [-0.05, 0) is 31.4 Å². The summed E-state index contributed by atoms with van der Waals surface area (Å²) in [6.07, 6.45) is -3.05. The predicted octanol–water partition coefficient (Wildman–Crippen LogP) is 3.41. The van der Waals surface area contributed by atoms with Crippen LogP contribution in [0.3, 0.4) is 0 Å². The molecule has 0 amide bonds. The third-order valence-corrected chi connectivity index (χ3v) is 4.30. The Balaban J connectivity index is 2.37. The first kappa shape index (κ1) is 17.9. The molecular formula is C15H15F3N2O4. The fourth-order valence-corrected chi connectivity index (χ4v) is 2.90. The predicted molar refractivity (Wildman–Crippen MR) is 76.9 cm³/mol. The van der Waals surface area contributed by atoms with Gasteiger partial charge in [0.1, 0.15) is 5.69 Å². The van der Waals surface area contributed by atoms with Gasteiger partial charge < -0.3 is 5.11 Å². The minimum Gasteiger partial charge on any atom is -0.478 e. The summed E-state index contributed by atoms with van der Waals surface area (Å²) in [7, 11) is 0. The molecule has 1 aromatic heterocycles. The Kier molecular flexibility index (Phi) is 4.91. The van der Waals surface area contributed by atoms with Gasteiger partial charge >= 0.3 is 12.1 Å². The zero-order valence-corrected chi connectivity index (χ0v) is 12.7. The number of carbonyl (C=O) groups is 1. The Morgan fingerprint density at radius 3 is 2.54 bits per heavy atom. The minimum absolute atomic E-state index is 0.122. The molecule has 1 aliphatic carbocycles. The first-order valence-electron chi connectivity index (χ1n) is 7.19. The maximum absolute atomic E-state index is 12.6. The van der Waals surface area contributed by atoms with Gasteiger partial charge in [0.2, 0.25) is 6.04 Å². The van der Waals surface area contributed by atoms with Crippen LogP contribution in [0, 0.1) is 10.1 Å². The number of halogens is 3. The smallest absolute Gasteiger partial charge is 0.433 e. The highest BCUT2D eigenvalue weighted by atomic mass is 19.4. The van der Waals surface area contributed by atoms with Crippen LogP contribution in [0.5, 0.6) is 0 Å². The quantitative estimate of drug-likeness (QED) is 0.515. The maximum atomic E-state index is 12.6. The van der Waals surface area contributed by atoms with Crippen LogP contribution in [0.2, 0.25) is 0 Å². The Labute approximate surface area is 135 Å². The van der Waals surface area contributed by atoms with E-state index in [2.05, 4.69) is 4.98 Å². The Morgan fingerprint density at radius 1 is 1.42 bits per heavy atom. The van der Waals surface area contributed by atoms with E-state index in [-0.39, 0.29) is 24.8 Å². The third kappa shape index (κ3) is 3.72.